The Morgan fingerprint density at radius 3 is 2.16 bits per heavy atom. The topological polar surface area (TPSA) is 37.0 Å². The lowest BCUT2D eigenvalue weighted by Crippen LogP contribution is -2.31. The predicted molar refractivity (Wildman–Crippen MR) is 137 cm³/mol. The van der Waals surface area contributed by atoms with Crippen molar-refractivity contribution in [2.75, 3.05) is 6.54 Å². The molecule has 1 heterocycles. The molecule has 4 aromatic rings. The second-order valence-electron chi connectivity index (χ2n) is 8.15. The highest BCUT2D eigenvalue weighted by Gasteiger charge is 2.13. The molecule has 0 fully saturated rings. The van der Waals surface area contributed by atoms with E-state index in [9.17, 15) is 0 Å². The van der Waals surface area contributed by atoms with Crippen LogP contribution in [-0.4, -0.2) is 22.8 Å². The summed E-state index contributed by atoms with van der Waals surface area (Å²) in [5.74, 6) is 0. The van der Waals surface area contributed by atoms with Gasteiger partial charge in [0.15, 0.2) is 0 Å². The molecular weight excluding hydrogens is 412 g/mol. The number of H-pyrrole nitrogens is 1. The Kier molecular flexibility index (Phi) is 7.94. The zero-order valence-corrected chi connectivity index (χ0v) is 19.1. The van der Waals surface area contributed by atoms with E-state index in [1.54, 1.807) is 0 Å². The molecule has 0 aliphatic rings. The van der Waals surface area contributed by atoms with E-state index in [4.69, 9.17) is 17.0 Å². The normalized spacial score (nSPS) is 11.9. The summed E-state index contributed by atoms with van der Waals surface area (Å²) in [5.41, 5.74) is 5.13. The molecule has 1 atom stereocenters. The van der Waals surface area contributed by atoms with E-state index in [-0.39, 0.29) is 6.10 Å². The lowest BCUT2D eigenvalue weighted by atomic mass is 10.0. The molecule has 0 aliphatic carbocycles. The number of rotatable bonds is 10. The smallest absolute Gasteiger partial charge is 0.256 e. The van der Waals surface area contributed by atoms with Gasteiger partial charge in [-0.15, -0.1) is 0 Å². The Morgan fingerprint density at radius 1 is 0.781 bits per heavy atom. The van der Waals surface area contributed by atoms with Gasteiger partial charge in [-0.3, -0.25) is 0 Å². The largest absolute Gasteiger partial charge is 0.468 e. The summed E-state index contributed by atoms with van der Waals surface area (Å²) in [6, 6.07) is 29.7. The van der Waals surface area contributed by atoms with Crippen LogP contribution < -0.4 is 5.32 Å². The van der Waals surface area contributed by atoms with Crippen molar-refractivity contribution in [1.29, 1.82) is 0 Å². The highest BCUT2D eigenvalue weighted by atomic mass is 32.1. The van der Waals surface area contributed by atoms with Gasteiger partial charge in [0.2, 0.25) is 0 Å². The molecule has 0 radical (unpaired) electrons. The quantitative estimate of drug-likeness (QED) is 0.286. The monoisotopic (exact) mass is 442 g/mol. The van der Waals surface area contributed by atoms with Crippen LogP contribution in [0.2, 0.25) is 0 Å². The molecule has 1 unspecified atom stereocenters. The van der Waals surface area contributed by atoms with E-state index in [1.165, 1.54) is 27.6 Å². The molecule has 2 N–H and O–H groups in total. The first-order valence-corrected chi connectivity index (χ1v) is 11.8. The summed E-state index contributed by atoms with van der Waals surface area (Å²) in [7, 11) is 0. The molecule has 32 heavy (non-hydrogen) atoms. The van der Waals surface area contributed by atoms with E-state index >= 15 is 0 Å². The number of nitrogens with one attached hydrogen (secondary N) is 2. The highest BCUT2D eigenvalue weighted by Crippen LogP contribution is 2.18. The van der Waals surface area contributed by atoms with Crippen LogP contribution in [0.5, 0.6) is 0 Å². The number of fused-ring (bicyclic) bond motifs is 1. The molecule has 3 nitrogen and oxygen atoms in total. The maximum Gasteiger partial charge on any atom is 0.256 e. The Bertz CT molecular complexity index is 1110. The van der Waals surface area contributed by atoms with Crippen molar-refractivity contribution in [3.63, 3.8) is 0 Å². The highest BCUT2D eigenvalue weighted by molar-refractivity contribution is 7.80. The first-order valence-electron chi connectivity index (χ1n) is 11.3. The molecule has 164 valence electrons. The Hall–Kier alpha value is -3.11. The number of thiocarbonyl (C=S) groups is 1. The van der Waals surface area contributed by atoms with Crippen LogP contribution in [0, 0.1) is 0 Å². The van der Waals surface area contributed by atoms with Crippen LogP contribution in [0.1, 0.15) is 29.5 Å². The maximum absolute atomic E-state index is 6.22. The van der Waals surface area contributed by atoms with Gasteiger partial charge in [-0.1, -0.05) is 66.7 Å². The lowest BCUT2D eigenvalue weighted by Gasteiger charge is -2.20. The van der Waals surface area contributed by atoms with Gasteiger partial charge in [0.05, 0.1) is 0 Å². The van der Waals surface area contributed by atoms with Gasteiger partial charge in [-0.2, -0.15) is 0 Å². The molecule has 0 spiro atoms. The van der Waals surface area contributed by atoms with Crippen LogP contribution in [0.4, 0.5) is 0 Å². The van der Waals surface area contributed by atoms with E-state index in [0.717, 1.165) is 38.6 Å². The molecule has 4 rings (SSSR count). The fraction of sp³-hybridized carbons (Fsp3) is 0.250. The molecule has 0 aliphatic heterocycles. The van der Waals surface area contributed by atoms with Crippen molar-refractivity contribution in [3.8, 4) is 0 Å². The third-order valence-corrected chi connectivity index (χ3v) is 6.01. The lowest BCUT2D eigenvalue weighted by molar-refractivity contribution is 0.165. The molecule has 0 saturated carbocycles. The van der Waals surface area contributed by atoms with Crippen LogP contribution in [0.3, 0.4) is 0 Å². The fourth-order valence-corrected chi connectivity index (χ4v) is 4.21. The first kappa shape index (κ1) is 22.1. The molecule has 3 aromatic carbocycles. The van der Waals surface area contributed by atoms with Crippen LogP contribution >= 0.6 is 12.2 Å². The van der Waals surface area contributed by atoms with Gasteiger partial charge < -0.3 is 15.0 Å². The Morgan fingerprint density at radius 2 is 1.44 bits per heavy atom. The Balaban J connectivity index is 1.32. The molecule has 4 heteroatoms. The number of hydrogen-bond donors (Lipinski definition) is 2. The minimum atomic E-state index is 0.0776. The zero-order valence-electron chi connectivity index (χ0n) is 18.3. The van der Waals surface area contributed by atoms with Crippen molar-refractivity contribution >= 4 is 28.3 Å². The second kappa shape index (κ2) is 11.5. The van der Waals surface area contributed by atoms with Gasteiger partial charge in [0, 0.05) is 18.3 Å². The van der Waals surface area contributed by atoms with Crippen molar-refractivity contribution in [1.82, 2.24) is 10.3 Å². The van der Waals surface area contributed by atoms with Crippen molar-refractivity contribution in [2.24, 2.45) is 0 Å². The van der Waals surface area contributed by atoms with Crippen molar-refractivity contribution in [2.45, 2.75) is 38.2 Å². The molecule has 1 aromatic heterocycles. The predicted octanol–water partition coefficient (Wildman–Crippen LogP) is 6.24. The summed E-state index contributed by atoms with van der Waals surface area (Å²) in [6.45, 7) is 0.776. The number of aromatic nitrogens is 1. The van der Waals surface area contributed by atoms with Crippen molar-refractivity contribution < 1.29 is 4.74 Å². The Labute approximate surface area is 195 Å². The molecular formula is C28H30N2OS. The van der Waals surface area contributed by atoms with Crippen LogP contribution in [0.15, 0.2) is 91.1 Å². The first-order chi connectivity index (χ1) is 15.8. The van der Waals surface area contributed by atoms with Gasteiger partial charge in [0.1, 0.15) is 6.10 Å². The van der Waals surface area contributed by atoms with E-state index in [2.05, 4.69) is 89.2 Å². The molecule has 0 bridgehead atoms. The van der Waals surface area contributed by atoms with E-state index in [0.29, 0.717) is 5.17 Å². The molecule has 0 amide bonds. The van der Waals surface area contributed by atoms with Gasteiger partial charge in [-0.05, 0) is 84.6 Å². The van der Waals surface area contributed by atoms with Crippen LogP contribution in [0.25, 0.3) is 10.9 Å². The SMILES string of the molecule is S=C(NCCc1ccccc1)OC(CCc1ccccc1)CCc1ccc2[nH]ccc2c1. The average Bonchev–Trinajstić information content (AvgIpc) is 3.30. The molecule has 0 saturated heterocycles. The summed E-state index contributed by atoms with van der Waals surface area (Å²) in [5, 5.41) is 5.04. The summed E-state index contributed by atoms with van der Waals surface area (Å²) >= 11 is 5.52. The average molecular weight is 443 g/mol. The number of ether oxygens (including phenoxy) is 1. The van der Waals surface area contributed by atoms with Crippen LogP contribution in [-0.2, 0) is 24.0 Å². The minimum Gasteiger partial charge on any atom is -0.468 e. The third kappa shape index (κ3) is 6.69. The fourth-order valence-electron chi connectivity index (χ4n) is 3.97. The van der Waals surface area contributed by atoms with Crippen molar-refractivity contribution in [3.05, 3.63) is 108 Å². The minimum absolute atomic E-state index is 0.0776. The number of aryl methyl sites for hydroxylation is 2. The van der Waals surface area contributed by atoms with Gasteiger partial charge >= 0.3 is 0 Å². The zero-order chi connectivity index (χ0) is 22.0. The third-order valence-electron chi connectivity index (χ3n) is 5.77. The number of hydrogen-bond acceptors (Lipinski definition) is 2. The number of aromatic amines is 1. The van der Waals surface area contributed by atoms with E-state index < -0.39 is 0 Å². The summed E-state index contributed by atoms with van der Waals surface area (Å²) < 4.78 is 6.22. The summed E-state index contributed by atoms with van der Waals surface area (Å²) in [4.78, 5) is 3.26. The van der Waals surface area contributed by atoms with Gasteiger partial charge in [-0.25, -0.2) is 0 Å². The maximum atomic E-state index is 6.22. The summed E-state index contributed by atoms with van der Waals surface area (Å²) in [6.07, 6.45) is 6.81. The van der Waals surface area contributed by atoms with E-state index in [1.807, 2.05) is 12.3 Å². The second-order valence-corrected chi connectivity index (χ2v) is 8.52. The van der Waals surface area contributed by atoms with Gasteiger partial charge in [0.25, 0.3) is 5.17 Å². The number of benzene rings is 3. The standard InChI is InChI=1S/C28H30N2OS/c32-28(30-19-17-23-9-5-2-6-10-23)31-26(14-11-22-7-3-1-4-8-22)15-12-24-13-16-27-25(21-24)18-20-29-27/h1-10,13,16,18,20-21,26,29H,11-12,14-15,17,19H2,(H,30,32).